The van der Waals surface area contributed by atoms with E-state index in [4.69, 9.17) is 57.4 Å². The average molecular weight is 633 g/mol. The molecule has 0 bridgehead atoms. The van der Waals surface area contributed by atoms with Crippen LogP contribution < -0.4 is 34.2 Å². The van der Waals surface area contributed by atoms with Gasteiger partial charge in [0.2, 0.25) is 11.6 Å². The van der Waals surface area contributed by atoms with E-state index in [1.165, 1.54) is 33.5 Å². The number of nitrogens with two attached hydrogens (primary N) is 1. The van der Waals surface area contributed by atoms with Gasteiger partial charge in [0.15, 0.2) is 11.5 Å². The van der Waals surface area contributed by atoms with Gasteiger partial charge in [-0.2, -0.15) is 5.26 Å². The molecule has 0 spiro atoms. The summed E-state index contributed by atoms with van der Waals surface area (Å²) in [7, 11) is 4.37. The molecule has 0 amide bonds. The SMILES string of the molecule is COc1cc(C(=O)Oc2ccc3c(c2)OC(N)=C(C#N)C3c2cccc(OCc3ccc(Cl)cc3Cl)c2)cc(OC)c1OC. The molecule has 44 heavy (non-hydrogen) atoms. The lowest BCUT2D eigenvalue weighted by molar-refractivity contribution is 0.0733. The number of benzene rings is 4. The highest BCUT2D eigenvalue weighted by molar-refractivity contribution is 6.35. The number of nitriles is 1. The molecule has 1 heterocycles. The van der Waals surface area contributed by atoms with Crippen LogP contribution in [0.3, 0.4) is 0 Å². The molecule has 0 aromatic heterocycles. The minimum atomic E-state index is -0.663. The van der Waals surface area contributed by atoms with Crippen molar-refractivity contribution in [2.45, 2.75) is 12.5 Å². The van der Waals surface area contributed by atoms with Gasteiger partial charge in [-0.1, -0.05) is 47.5 Å². The van der Waals surface area contributed by atoms with Crippen molar-refractivity contribution in [3.8, 4) is 40.6 Å². The Kier molecular flexibility index (Phi) is 9.04. The number of ether oxygens (including phenoxy) is 6. The number of hydrogen-bond acceptors (Lipinski definition) is 9. The fraction of sp³-hybridized carbons (Fsp3) is 0.152. The zero-order valence-corrected chi connectivity index (χ0v) is 25.4. The summed E-state index contributed by atoms with van der Waals surface area (Å²) in [5, 5.41) is 11.0. The maximum atomic E-state index is 13.1. The van der Waals surface area contributed by atoms with Crippen molar-refractivity contribution < 1.29 is 33.2 Å². The summed E-state index contributed by atoms with van der Waals surface area (Å²) in [4.78, 5) is 13.1. The molecule has 1 aliphatic rings. The minimum Gasteiger partial charge on any atom is -0.493 e. The van der Waals surface area contributed by atoms with E-state index in [0.29, 0.717) is 44.4 Å². The Bertz CT molecular complexity index is 1790. The molecule has 4 aromatic rings. The molecule has 1 atom stereocenters. The maximum absolute atomic E-state index is 13.1. The Labute approximate surface area is 263 Å². The molecule has 0 saturated heterocycles. The van der Waals surface area contributed by atoms with Crippen molar-refractivity contribution in [1.29, 1.82) is 5.26 Å². The first-order valence-corrected chi connectivity index (χ1v) is 13.9. The van der Waals surface area contributed by atoms with Crippen LogP contribution in [0.15, 0.2) is 84.3 Å². The number of carbonyl (C=O) groups excluding carboxylic acids is 1. The predicted molar refractivity (Wildman–Crippen MR) is 164 cm³/mol. The normalized spacial score (nSPS) is 13.7. The number of carbonyl (C=O) groups is 1. The van der Waals surface area contributed by atoms with E-state index in [1.807, 2.05) is 18.2 Å². The summed E-state index contributed by atoms with van der Waals surface area (Å²) >= 11 is 12.3. The smallest absolute Gasteiger partial charge is 0.343 e. The van der Waals surface area contributed by atoms with Gasteiger partial charge >= 0.3 is 5.97 Å². The quantitative estimate of drug-likeness (QED) is 0.153. The second kappa shape index (κ2) is 13.1. The number of nitrogens with zero attached hydrogens (tertiary/aromatic N) is 1. The zero-order chi connectivity index (χ0) is 31.4. The van der Waals surface area contributed by atoms with Gasteiger partial charge < -0.3 is 34.2 Å². The molecule has 1 aliphatic heterocycles. The van der Waals surface area contributed by atoms with Gasteiger partial charge in [0.25, 0.3) is 0 Å². The fourth-order valence-electron chi connectivity index (χ4n) is 4.79. The number of allylic oxidation sites excluding steroid dienone is 1. The van der Waals surface area contributed by atoms with Gasteiger partial charge in [0.05, 0.1) is 32.8 Å². The van der Waals surface area contributed by atoms with E-state index < -0.39 is 11.9 Å². The van der Waals surface area contributed by atoms with E-state index >= 15 is 0 Å². The summed E-state index contributed by atoms with van der Waals surface area (Å²) in [5.41, 5.74) is 8.78. The Morgan fingerprint density at radius 2 is 1.68 bits per heavy atom. The summed E-state index contributed by atoms with van der Waals surface area (Å²) < 4.78 is 33.5. The molecule has 224 valence electrons. The highest BCUT2D eigenvalue weighted by atomic mass is 35.5. The van der Waals surface area contributed by atoms with Gasteiger partial charge in [-0.3, -0.25) is 0 Å². The molecule has 0 fully saturated rings. The molecule has 5 rings (SSSR count). The van der Waals surface area contributed by atoms with Crippen molar-refractivity contribution >= 4 is 29.2 Å². The van der Waals surface area contributed by atoms with Crippen molar-refractivity contribution in [3.05, 3.63) is 117 Å². The monoisotopic (exact) mass is 632 g/mol. The topological polar surface area (TPSA) is 122 Å². The Morgan fingerprint density at radius 1 is 0.932 bits per heavy atom. The van der Waals surface area contributed by atoms with E-state index in [9.17, 15) is 10.1 Å². The number of methoxy groups -OCH3 is 3. The van der Waals surface area contributed by atoms with Crippen molar-refractivity contribution in [2.75, 3.05) is 21.3 Å². The zero-order valence-electron chi connectivity index (χ0n) is 23.9. The summed E-state index contributed by atoms with van der Waals surface area (Å²) in [5.74, 6) is 0.769. The first-order valence-electron chi connectivity index (χ1n) is 13.2. The molecule has 9 nitrogen and oxygen atoms in total. The summed E-state index contributed by atoms with van der Waals surface area (Å²) in [6.07, 6.45) is 0. The molecule has 11 heteroatoms. The largest absolute Gasteiger partial charge is 0.493 e. The average Bonchev–Trinajstić information content (AvgIpc) is 3.02. The van der Waals surface area contributed by atoms with Gasteiger partial charge in [-0.05, 0) is 48.0 Å². The third-order valence-electron chi connectivity index (χ3n) is 6.90. The van der Waals surface area contributed by atoms with Crippen LogP contribution in [0.5, 0.6) is 34.5 Å². The molecule has 4 aromatic carbocycles. The lowest BCUT2D eigenvalue weighted by Crippen LogP contribution is -2.21. The molecule has 0 saturated carbocycles. The van der Waals surface area contributed by atoms with Crippen LogP contribution in [-0.4, -0.2) is 27.3 Å². The summed E-state index contributed by atoms with van der Waals surface area (Å²) in [6.45, 7) is 0.216. The van der Waals surface area contributed by atoms with Crippen molar-refractivity contribution in [2.24, 2.45) is 5.73 Å². The van der Waals surface area contributed by atoms with Crippen LogP contribution in [0.25, 0.3) is 0 Å². The number of esters is 1. The first kappa shape index (κ1) is 30.4. The molecule has 1 unspecified atom stereocenters. The fourth-order valence-corrected chi connectivity index (χ4v) is 5.25. The molecule has 0 radical (unpaired) electrons. The van der Waals surface area contributed by atoms with E-state index in [-0.39, 0.29) is 29.4 Å². The highest BCUT2D eigenvalue weighted by Crippen LogP contribution is 2.44. The van der Waals surface area contributed by atoms with Crippen LogP contribution in [-0.2, 0) is 6.61 Å². The molecular formula is C33H26Cl2N2O7. The van der Waals surface area contributed by atoms with E-state index in [2.05, 4.69) is 6.07 Å². The lowest BCUT2D eigenvalue weighted by Gasteiger charge is -2.27. The van der Waals surface area contributed by atoms with Gasteiger partial charge in [0, 0.05) is 27.2 Å². The van der Waals surface area contributed by atoms with E-state index in [0.717, 1.165) is 11.1 Å². The number of rotatable bonds is 9. The van der Waals surface area contributed by atoms with E-state index in [1.54, 1.807) is 42.5 Å². The van der Waals surface area contributed by atoms with Crippen LogP contribution in [0.4, 0.5) is 0 Å². The highest BCUT2D eigenvalue weighted by Gasteiger charge is 2.31. The van der Waals surface area contributed by atoms with Crippen LogP contribution >= 0.6 is 23.2 Å². The minimum absolute atomic E-state index is 0.0580. The Balaban J connectivity index is 1.42. The van der Waals surface area contributed by atoms with Crippen LogP contribution in [0, 0.1) is 11.3 Å². The number of halogens is 2. The standard InChI is InChI=1S/C33H26Cl2N2O7/c1-39-28-12-20(13-29(40-2)31(28)41-3)33(38)43-23-9-10-24-27(15-23)44-32(37)25(16-36)30(24)18-5-4-6-22(11-18)42-17-19-7-8-21(34)14-26(19)35/h4-15,30H,17,37H2,1-3H3. The lowest BCUT2D eigenvalue weighted by atomic mass is 9.83. The van der Waals surface area contributed by atoms with Gasteiger partial charge in [0.1, 0.15) is 35.5 Å². The predicted octanol–water partition coefficient (Wildman–Crippen LogP) is 7.04. The van der Waals surface area contributed by atoms with Crippen molar-refractivity contribution in [3.63, 3.8) is 0 Å². The second-order valence-corrected chi connectivity index (χ2v) is 10.4. The van der Waals surface area contributed by atoms with Crippen molar-refractivity contribution in [1.82, 2.24) is 0 Å². The van der Waals surface area contributed by atoms with Gasteiger partial charge in [-0.25, -0.2) is 4.79 Å². The third kappa shape index (κ3) is 6.18. The Hall–Kier alpha value is -5.04. The molecular weight excluding hydrogens is 607 g/mol. The second-order valence-electron chi connectivity index (χ2n) is 9.52. The summed E-state index contributed by atoms with van der Waals surface area (Å²) in [6, 6.07) is 22.5. The number of hydrogen-bond donors (Lipinski definition) is 1. The van der Waals surface area contributed by atoms with Gasteiger partial charge in [-0.15, -0.1) is 0 Å². The maximum Gasteiger partial charge on any atom is 0.343 e. The van der Waals surface area contributed by atoms with Crippen LogP contribution in [0.2, 0.25) is 10.0 Å². The third-order valence-corrected chi connectivity index (χ3v) is 7.49. The van der Waals surface area contributed by atoms with Crippen LogP contribution in [0.1, 0.15) is 33.0 Å². The first-order chi connectivity index (χ1) is 21.3. The molecule has 2 N–H and O–H groups in total. The molecule has 0 aliphatic carbocycles. The number of fused-ring (bicyclic) bond motifs is 1. The Morgan fingerprint density at radius 3 is 2.34 bits per heavy atom.